The minimum atomic E-state index is -0.817. The SMILES string of the molecule is CC(CC(=O)N1CC2CC2(C(=O)O)C1)NC(=O)OCC1c2ccccc2-c2ccccc21. The molecule has 166 valence electrons. The predicted molar refractivity (Wildman–Crippen MR) is 117 cm³/mol. The van der Waals surface area contributed by atoms with Crippen molar-refractivity contribution >= 4 is 18.0 Å². The van der Waals surface area contributed by atoms with Crippen LogP contribution >= 0.6 is 0 Å². The van der Waals surface area contributed by atoms with Gasteiger partial charge in [0.25, 0.3) is 0 Å². The van der Waals surface area contributed by atoms with Gasteiger partial charge in [0.15, 0.2) is 0 Å². The van der Waals surface area contributed by atoms with E-state index in [2.05, 4.69) is 29.6 Å². The van der Waals surface area contributed by atoms with Crippen LogP contribution in [0.1, 0.15) is 36.8 Å². The highest BCUT2D eigenvalue weighted by Gasteiger charge is 2.66. The number of piperidine rings is 1. The first-order valence-corrected chi connectivity index (χ1v) is 11.0. The Hall–Kier alpha value is -3.35. The monoisotopic (exact) mass is 434 g/mol. The standard InChI is InChI=1S/C25H26N2O5/c1-15(10-22(28)27-12-16-11-25(16,14-27)23(29)30)26-24(31)32-13-21-19-8-4-2-6-17(19)18-7-3-5-9-20(18)21/h2-9,15-16,21H,10-14H2,1H3,(H,26,31)(H,29,30). The van der Waals surface area contributed by atoms with Crippen molar-refractivity contribution in [3.63, 3.8) is 0 Å². The molecule has 7 nitrogen and oxygen atoms in total. The molecular weight excluding hydrogens is 408 g/mol. The summed E-state index contributed by atoms with van der Waals surface area (Å²) in [5.74, 6) is -0.908. The lowest BCUT2D eigenvalue weighted by Crippen LogP contribution is -2.40. The maximum absolute atomic E-state index is 12.6. The van der Waals surface area contributed by atoms with E-state index in [4.69, 9.17) is 4.74 Å². The van der Waals surface area contributed by atoms with E-state index < -0.39 is 23.5 Å². The van der Waals surface area contributed by atoms with E-state index in [0.717, 1.165) is 11.1 Å². The number of aliphatic carboxylic acids is 1. The highest BCUT2D eigenvalue weighted by molar-refractivity contribution is 5.84. The van der Waals surface area contributed by atoms with Gasteiger partial charge in [-0.2, -0.15) is 0 Å². The number of rotatable bonds is 6. The number of benzene rings is 2. The van der Waals surface area contributed by atoms with Crippen molar-refractivity contribution in [1.82, 2.24) is 10.2 Å². The third-order valence-electron chi connectivity index (χ3n) is 7.11. The highest BCUT2D eigenvalue weighted by atomic mass is 16.5. The Kier molecular flexibility index (Phi) is 4.92. The number of ether oxygens (including phenoxy) is 1. The Bertz CT molecular complexity index is 1050. The Morgan fingerprint density at radius 2 is 1.75 bits per heavy atom. The number of amides is 2. The molecule has 0 aromatic heterocycles. The van der Waals surface area contributed by atoms with Crippen molar-refractivity contribution in [1.29, 1.82) is 0 Å². The molecule has 32 heavy (non-hydrogen) atoms. The number of carbonyl (C=O) groups excluding carboxylic acids is 2. The van der Waals surface area contributed by atoms with Gasteiger partial charge in [-0.1, -0.05) is 48.5 Å². The molecule has 2 aromatic carbocycles. The third-order valence-corrected chi connectivity index (χ3v) is 7.11. The quantitative estimate of drug-likeness (QED) is 0.728. The second-order valence-electron chi connectivity index (χ2n) is 9.21. The van der Waals surface area contributed by atoms with E-state index in [-0.39, 0.29) is 37.3 Å². The Balaban J connectivity index is 1.14. The lowest BCUT2D eigenvalue weighted by atomic mass is 9.98. The van der Waals surface area contributed by atoms with Crippen LogP contribution in [0.15, 0.2) is 48.5 Å². The molecule has 2 N–H and O–H groups in total. The summed E-state index contributed by atoms with van der Waals surface area (Å²) in [6.07, 6.45) is 0.213. The molecule has 2 aromatic rings. The van der Waals surface area contributed by atoms with Crippen molar-refractivity contribution < 1.29 is 24.2 Å². The number of likely N-dealkylation sites (tertiary alicyclic amines) is 1. The van der Waals surface area contributed by atoms with Gasteiger partial charge in [-0.3, -0.25) is 9.59 Å². The largest absolute Gasteiger partial charge is 0.481 e. The van der Waals surface area contributed by atoms with E-state index in [1.54, 1.807) is 11.8 Å². The van der Waals surface area contributed by atoms with Crippen LogP contribution in [-0.2, 0) is 14.3 Å². The number of hydrogen-bond acceptors (Lipinski definition) is 4. The zero-order valence-electron chi connectivity index (χ0n) is 17.9. The topological polar surface area (TPSA) is 95.9 Å². The zero-order chi connectivity index (χ0) is 22.5. The van der Waals surface area contributed by atoms with Crippen molar-refractivity contribution in [3.8, 4) is 11.1 Å². The average molecular weight is 434 g/mol. The van der Waals surface area contributed by atoms with Crippen molar-refractivity contribution in [2.45, 2.75) is 31.7 Å². The Morgan fingerprint density at radius 1 is 1.12 bits per heavy atom. The molecule has 2 fully saturated rings. The molecule has 3 aliphatic rings. The lowest BCUT2D eigenvalue weighted by molar-refractivity contribution is -0.144. The van der Waals surface area contributed by atoms with Gasteiger partial charge in [-0.15, -0.1) is 0 Å². The molecule has 0 spiro atoms. The van der Waals surface area contributed by atoms with Gasteiger partial charge in [-0.05, 0) is 41.5 Å². The number of fused-ring (bicyclic) bond motifs is 4. The van der Waals surface area contributed by atoms with Gasteiger partial charge in [-0.25, -0.2) is 4.79 Å². The summed E-state index contributed by atoms with van der Waals surface area (Å²) in [6.45, 7) is 2.73. The minimum Gasteiger partial charge on any atom is -0.481 e. The molecule has 1 saturated carbocycles. The molecule has 7 heteroatoms. The van der Waals surface area contributed by atoms with Crippen LogP contribution in [-0.4, -0.2) is 53.7 Å². The second kappa shape index (κ2) is 7.65. The van der Waals surface area contributed by atoms with E-state index in [1.807, 2.05) is 24.3 Å². The van der Waals surface area contributed by atoms with E-state index in [0.29, 0.717) is 13.0 Å². The van der Waals surface area contributed by atoms with E-state index in [9.17, 15) is 19.5 Å². The summed E-state index contributed by atoms with van der Waals surface area (Å²) in [4.78, 5) is 38.0. The van der Waals surface area contributed by atoms with Crippen molar-refractivity contribution in [2.24, 2.45) is 11.3 Å². The molecule has 0 bridgehead atoms. The Labute approximate surface area is 186 Å². The van der Waals surface area contributed by atoms with Gasteiger partial charge in [0, 0.05) is 31.5 Å². The highest BCUT2D eigenvalue weighted by Crippen LogP contribution is 2.58. The summed E-state index contributed by atoms with van der Waals surface area (Å²) < 4.78 is 5.54. The van der Waals surface area contributed by atoms with Crippen LogP contribution in [0.5, 0.6) is 0 Å². The number of carboxylic acids is 1. The molecule has 3 atom stereocenters. The van der Waals surface area contributed by atoms with Crippen LogP contribution in [0.3, 0.4) is 0 Å². The average Bonchev–Trinajstić information content (AvgIpc) is 3.20. The van der Waals surface area contributed by atoms with Gasteiger partial charge < -0.3 is 20.1 Å². The maximum Gasteiger partial charge on any atom is 0.407 e. The van der Waals surface area contributed by atoms with Gasteiger partial charge in [0.05, 0.1) is 5.41 Å². The molecule has 2 aliphatic carbocycles. The summed E-state index contributed by atoms with van der Waals surface area (Å²) in [5, 5.41) is 12.1. The fourth-order valence-electron chi connectivity index (χ4n) is 5.29. The Morgan fingerprint density at radius 3 is 2.34 bits per heavy atom. The first-order chi connectivity index (χ1) is 15.4. The number of alkyl carbamates (subject to hydrolysis) is 1. The van der Waals surface area contributed by atoms with Crippen LogP contribution in [0.4, 0.5) is 4.79 Å². The van der Waals surface area contributed by atoms with Gasteiger partial charge in [0.2, 0.25) is 5.91 Å². The smallest absolute Gasteiger partial charge is 0.407 e. The fraction of sp³-hybridized carbons (Fsp3) is 0.400. The molecular formula is C25H26N2O5. The van der Waals surface area contributed by atoms with Gasteiger partial charge in [0.1, 0.15) is 6.61 Å². The molecule has 1 heterocycles. The molecule has 2 amide bonds. The van der Waals surface area contributed by atoms with Crippen LogP contribution < -0.4 is 5.32 Å². The summed E-state index contributed by atoms with van der Waals surface area (Å²) >= 11 is 0. The molecule has 1 aliphatic heterocycles. The first kappa shape index (κ1) is 20.5. The molecule has 0 radical (unpaired) electrons. The third kappa shape index (κ3) is 3.42. The first-order valence-electron chi connectivity index (χ1n) is 11.0. The number of nitrogens with zero attached hydrogens (tertiary/aromatic N) is 1. The predicted octanol–water partition coefficient (Wildman–Crippen LogP) is 3.24. The van der Waals surface area contributed by atoms with Crippen LogP contribution in [0, 0.1) is 11.3 Å². The number of carboxylic acid groups (broad SMARTS) is 1. The normalized spacial score (nSPS) is 23.7. The van der Waals surface area contributed by atoms with Gasteiger partial charge >= 0.3 is 12.1 Å². The second-order valence-corrected chi connectivity index (χ2v) is 9.21. The summed E-state index contributed by atoms with van der Waals surface area (Å²) in [6, 6.07) is 15.9. The van der Waals surface area contributed by atoms with E-state index >= 15 is 0 Å². The number of hydrogen-bond donors (Lipinski definition) is 2. The molecule has 5 rings (SSSR count). The van der Waals surface area contributed by atoms with Crippen LogP contribution in [0.25, 0.3) is 11.1 Å². The minimum absolute atomic E-state index is 0.0198. The fourth-order valence-corrected chi connectivity index (χ4v) is 5.29. The summed E-state index contributed by atoms with van der Waals surface area (Å²) in [7, 11) is 0. The van der Waals surface area contributed by atoms with E-state index in [1.165, 1.54) is 11.1 Å². The summed E-state index contributed by atoms with van der Waals surface area (Å²) in [5.41, 5.74) is 3.88. The van der Waals surface area contributed by atoms with Crippen molar-refractivity contribution in [3.05, 3.63) is 59.7 Å². The zero-order valence-corrected chi connectivity index (χ0v) is 17.9. The lowest BCUT2D eigenvalue weighted by Gasteiger charge is -2.22. The van der Waals surface area contributed by atoms with Crippen molar-refractivity contribution in [2.75, 3.05) is 19.7 Å². The number of nitrogens with one attached hydrogen (secondary N) is 1. The van der Waals surface area contributed by atoms with Crippen LogP contribution in [0.2, 0.25) is 0 Å². The molecule has 3 unspecified atom stereocenters. The molecule has 1 saturated heterocycles. The maximum atomic E-state index is 12.6. The number of carbonyl (C=O) groups is 3.